The molecule has 146 valence electrons. The number of fused-ring (bicyclic) bond motifs is 1. The standard InChI is InChI=1S/C24H18F2O2S/c1-2-28-24(27)18-7-3-5-16(13-18)20-8-4-6-17-14-19(29-23(17)20)11-15-9-10-21(25)22(26)12-15/h3-10,12-14H,2,11H2,1H3. The molecule has 1 aromatic heterocycles. The number of esters is 1. The van der Waals surface area contributed by atoms with Gasteiger partial charge in [-0.2, -0.15) is 0 Å². The van der Waals surface area contributed by atoms with E-state index in [1.54, 1.807) is 30.4 Å². The number of benzene rings is 3. The van der Waals surface area contributed by atoms with Crippen LogP contribution in [-0.2, 0) is 11.2 Å². The molecule has 4 rings (SSSR count). The predicted octanol–water partition coefficient (Wildman–Crippen LogP) is 6.61. The largest absolute Gasteiger partial charge is 0.462 e. The number of rotatable bonds is 5. The van der Waals surface area contributed by atoms with Crippen LogP contribution < -0.4 is 0 Å². The Balaban J connectivity index is 1.70. The molecule has 0 bridgehead atoms. The molecule has 0 fully saturated rings. The van der Waals surface area contributed by atoms with Crippen molar-refractivity contribution in [3.63, 3.8) is 0 Å². The number of carbonyl (C=O) groups is 1. The summed E-state index contributed by atoms with van der Waals surface area (Å²) in [7, 11) is 0. The first-order valence-corrected chi connectivity index (χ1v) is 10.1. The van der Waals surface area contributed by atoms with Gasteiger partial charge in [0.2, 0.25) is 0 Å². The molecule has 4 aromatic rings. The summed E-state index contributed by atoms with van der Waals surface area (Å²) in [6, 6.07) is 19.5. The summed E-state index contributed by atoms with van der Waals surface area (Å²) in [6.07, 6.45) is 0.527. The first-order valence-electron chi connectivity index (χ1n) is 9.28. The maximum atomic E-state index is 13.5. The minimum Gasteiger partial charge on any atom is -0.462 e. The Morgan fingerprint density at radius 3 is 2.59 bits per heavy atom. The third-order valence-corrected chi connectivity index (χ3v) is 5.83. The Hall–Kier alpha value is -3.05. The van der Waals surface area contributed by atoms with E-state index in [1.807, 2.05) is 36.4 Å². The molecule has 0 unspecified atom stereocenters. The number of hydrogen-bond donors (Lipinski definition) is 0. The summed E-state index contributed by atoms with van der Waals surface area (Å²) in [5, 5.41) is 1.08. The lowest BCUT2D eigenvalue weighted by molar-refractivity contribution is 0.0526. The van der Waals surface area contributed by atoms with Crippen LogP contribution in [0.3, 0.4) is 0 Å². The highest BCUT2D eigenvalue weighted by Crippen LogP contribution is 2.36. The molecule has 0 aliphatic heterocycles. The third-order valence-electron chi connectivity index (χ3n) is 4.64. The summed E-state index contributed by atoms with van der Waals surface area (Å²) in [4.78, 5) is 13.1. The quantitative estimate of drug-likeness (QED) is 0.347. The molecule has 0 saturated heterocycles. The van der Waals surface area contributed by atoms with E-state index in [1.165, 1.54) is 6.07 Å². The van der Waals surface area contributed by atoms with Crippen molar-refractivity contribution in [2.45, 2.75) is 13.3 Å². The van der Waals surface area contributed by atoms with Gasteiger partial charge < -0.3 is 4.74 Å². The van der Waals surface area contributed by atoms with E-state index < -0.39 is 11.6 Å². The van der Waals surface area contributed by atoms with Gasteiger partial charge in [-0.15, -0.1) is 11.3 Å². The van der Waals surface area contributed by atoms with Gasteiger partial charge >= 0.3 is 5.97 Å². The van der Waals surface area contributed by atoms with E-state index >= 15 is 0 Å². The fourth-order valence-corrected chi connectivity index (χ4v) is 4.54. The Morgan fingerprint density at radius 2 is 1.79 bits per heavy atom. The maximum absolute atomic E-state index is 13.5. The van der Waals surface area contributed by atoms with Gasteiger partial charge in [-0.25, -0.2) is 13.6 Å². The van der Waals surface area contributed by atoms with Gasteiger partial charge in [0.25, 0.3) is 0 Å². The first-order chi connectivity index (χ1) is 14.0. The van der Waals surface area contributed by atoms with Gasteiger partial charge in [-0.05, 0) is 59.3 Å². The van der Waals surface area contributed by atoms with Gasteiger partial charge in [0.1, 0.15) is 0 Å². The molecule has 0 spiro atoms. The number of thiophene rings is 1. The zero-order chi connectivity index (χ0) is 20.4. The van der Waals surface area contributed by atoms with Crippen molar-refractivity contribution in [3.8, 4) is 11.1 Å². The van der Waals surface area contributed by atoms with Crippen LogP contribution in [0.25, 0.3) is 21.2 Å². The van der Waals surface area contributed by atoms with Crippen molar-refractivity contribution in [1.29, 1.82) is 0 Å². The lowest BCUT2D eigenvalue weighted by atomic mass is 10.0. The molecule has 29 heavy (non-hydrogen) atoms. The van der Waals surface area contributed by atoms with Crippen LogP contribution in [0.1, 0.15) is 27.7 Å². The molecular formula is C24H18F2O2S. The highest BCUT2D eigenvalue weighted by molar-refractivity contribution is 7.19. The van der Waals surface area contributed by atoms with E-state index in [0.29, 0.717) is 18.6 Å². The van der Waals surface area contributed by atoms with Crippen LogP contribution in [-0.4, -0.2) is 12.6 Å². The Bertz CT molecular complexity index is 1200. The van der Waals surface area contributed by atoms with Crippen molar-refractivity contribution in [2.24, 2.45) is 0 Å². The molecule has 3 aromatic carbocycles. The van der Waals surface area contributed by atoms with Crippen LogP contribution in [0, 0.1) is 11.6 Å². The van der Waals surface area contributed by atoms with Gasteiger partial charge in [0.15, 0.2) is 11.6 Å². The normalized spacial score (nSPS) is 11.0. The molecule has 0 atom stereocenters. The molecule has 1 heterocycles. The highest BCUT2D eigenvalue weighted by Gasteiger charge is 2.12. The van der Waals surface area contributed by atoms with Gasteiger partial charge in [-0.1, -0.05) is 36.4 Å². The van der Waals surface area contributed by atoms with Crippen molar-refractivity contribution in [2.75, 3.05) is 6.61 Å². The zero-order valence-electron chi connectivity index (χ0n) is 15.7. The summed E-state index contributed by atoms with van der Waals surface area (Å²) < 4.78 is 32.9. The lowest BCUT2D eigenvalue weighted by Crippen LogP contribution is -2.04. The molecular weight excluding hydrogens is 390 g/mol. The predicted molar refractivity (Wildman–Crippen MR) is 112 cm³/mol. The van der Waals surface area contributed by atoms with Crippen molar-refractivity contribution < 1.29 is 18.3 Å². The minimum absolute atomic E-state index is 0.330. The van der Waals surface area contributed by atoms with Crippen molar-refractivity contribution in [1.82, 2.24) is 0 Å². The second-order valence-corrected chi connectivity index (χ2v) is 7.80. The van der Waals surface area contributed by atoms with E-state index in [-0.39, 0.29) is 5.97 Å². The van der Waals surface area contributed by atoms with E-state index in [2.05, 4.69) is 6.07 Å². The molecule has 0 radical (unpaired) electrons. The molecule has 0 amide bonds. The van der Waals surface area contributed by atoms with Crippen LogP contribution in [0.15, 0.2) is 66.7 Å². The Labute approximate surface area is 171 Å². The van der Waals surface area contributed by atoms with E-state index in [4.69, 9.17) is 4.74 Å². The molecule has 5 heteroatoms. The molecule has 2 nitrogen and oxygen atoms in total. The van der Waals surface area contributed by atoms with Crippen LogP contribution in [0.5, 0.6) is 0 Å². The fourth-order valence-electron chi connectivity index (χ4n) is 3.31. The van der Waals surface area contributed by atoms with Crippen molar-refractivity contribution in [3.05, 3.63) is 94.4 Å². The summed E-state index contributed by atoms with van der Waals surface area (Å²) in [5.41, 5.74) is 3.19. The number of carbonyl (C=O) groups excluding carboxylic acids is 1. The van der Waals surface area contributed by atoms with Gasteiger partial charge in [0, 0.05) is 16.0 Å². The Kier molecular flexibility index (Phi) is 5.41. The third kappa shape index (κ3) is 4.05. The highest BCUT2D eigenvalue weighted by atomic mass is 32.1. The smallest absolute Gasteiger partial charge is 0.338 e. The van der Waals surface area contributed by atoms with E-state index in [9.17, 15) is 13.6 Å². The van der Waals surface area contributed by atoms with Crippen LogP contribution in [0.4, 0.5) is 8.78 Å². The second-order valence-electron chi connectivity index (χ2n) is 6.66. The first kappa shape index (κ1) is 19.3. The van der Waals surface area contributed by atoms with Crippen LogP contribution in [0.2, 0.25) is 0 Å². The van der Waals surface area contributed by atoms with Gasteiger partial charge in [0.05, 0.1) is 12.2 Å². The fraction of sp³-hybridized carbons (Fsp3) is 0.125. The van der Waals surface area contributed by atoms with Gasteiger partial charge in [-0.3, -0.25) is 0 Å². The monoisotopic (exact) mass is 408 g/mol. The molecule has 0 saturated carbocycles. The molecule has 0 aliphatic carbocycles. The summed E-state index contributed by atoms with van der Waals surface area (Å²) >= 11 is 1.62. The maximum Gasteiger partial charge on any atom is 0.338 e. The SMILES string of the molecule is CCOC(=O)c1cccc(-c2cccc3cc(Cc4ccc(F)c(F)c4)sc23)c1. The topological polar surface area (TPSA) is 26.3 Å². The summed E-state index contributed by atoms with van der Waals surface area (Å²) in [6.45, 7) is 2.11. The average Bonchev–Trinajstić information content (AvgIpc) is 3.13. The van der Waals surface area contributed by atoms with Crippen LogP contribution >= 0.6 is 11.3 Å². The lowest BCUT2D eigenvalue weighted by Gasteiger charge is -2.06. The zero-order valence-corrected chi connectivity index (χ0v) is 16.6. The number of hydrogen-bond acceptors (Lipinski definition) is 3. The number of halogens is 2. The minimum atomic E-state index is -0.839. The second kappa shape index (κ2) is 8.13. The Morgan fingerprint density at radius 1 is 0.966 bits per heavy atom. The van der Waals surface area contributed by atoms with E-state index in [0.717, 1.165) is 37.7 Å². The average molecular weight is 408 g/mol. The molecule has 0 N–H and O–H groups in total. The number of ether oxygens (including phenoxy) is 1. The van der Waals surface area contributed by atoms with Crippen molar-refractivity contribution >= 4 is 27.4 Å². The summed E-state index contributed by atoms with van der Waals surface area (Å²) in [5.74, 6) is -2.01. The molecule has 0 aliphatic rings.